The SMILES string of the molecule is CCCNc1nc(C)cn1CC(C)N(C)C. The zero-order valence-corrected chi connectivity index (χ0v) is 11.1. The molecule has 1 heterocycles. The highest BCUT2D eigenvalue weighted by Crippen LogP contribution is 2.10. The van der Waals surface area contributed by atoms with E-state index >= 15 is 0 Å². The maximum atomic E-state index is 4.49. The minimum Gasteiger partial charge on any atom is -0.356 e. The summed E-state index contributed by atoms with van der Waals surface area (Å²) in [6.45, 7) is 8.37. The third kappa shape index (κ3) is 3.52. The van der Waals surface area contributed by atoms with Gasteiger partial charge in [0.25, 0.3) is 0 Å². The molecule has 1 unspecified atom stereocenters. The molecule has 0 fully saturated rings. The van der Waals surface area contributed by atoms with Gasteiger partial charge in [0.2, 0.25) is 5.95 Å². The van der Waals surface area contributed by atoms with Crippen LogP contribution < -0.4 is 5.32 Å². The van der Waals surface area contributed by atoms with E-state index in [0.29, 0.717) is 6.04 Å². The molecule has 1 aromatic heterocycles. The van der Waals surface area contributed by atoms with E-state index in [0.717, 1.165) is 31.2 Å². The Morgan fingerprint density at radius 1 is 1.50 bits per heavy atom. The van der Waals surface area contributed by atoms with Crippen LogP contribution in [0.3, 0.4) is 0 Å². The van der Waals surface area contributed by atoms with Crippen molar-refractivity contribution in [3.8, 4) is 0 Å². The molecule has 0 aliphatic rings. The summed E-state index contributed by atoms with van der Waals surface area (Å²) in [7, 11) is 4.21. The molecular weight excluding hydrogens is 200 g/mol. The van der Waals surface area contributed by atoms with Gasteiger partial charge in [0.05, 0.1) is 5.69 Å². The molecule has 0 radical (unpaired) electrons. The molecule has 0 spiro atoms. The molecule has 1 atom stereocenters. The molecule has 0 aliphatic heterocycles. The maximum absolute atomic E-state index is 4.49. The van der Waals surface area contributed by atoms with Crippen LogP contribution in [0.4, 0.5) is 5.95 Å². The zero-order valence-electron chi connectivity index (χ0n) is 11.1. The minimum absolute atomic E-state index is 0.510. The summed E-state index contributed by atoms with van der Waals surface area (Å²) >= 11 is 0. The average molecular weight is 224 g/mol. The number of likely N-dealkylation sites (N-methyl/N-ethyl adjacent to an activating group) is 1. The lowest BCUT2D eigenvalue weighted by Gasteiger charge is -2.21. The quantitative estimate of drug-likeness (QED) is 0.802. The van der Waals surface area contributed by atoms with Crippen molar-refractivity contribution in [2.24, 2.45) is 0 Å². The summed E-state index contributed by atoms with van der Waals surface area (Å²) in [5.74, 6) is 0.994. The van der Waals surface area contributed by atoms with E-state index in [9.17, 15) is 0 Å². The summed E-state index contributed by atoms with van der Waals surface area (Å²) in [5.41, 5.74) is 1.07. The standard InChI is InChI=1S/C12H24N4/c1-6-7-13-12-14-10(2)8-16(12)9-11(3)15(4)5/h8,11H,6-7,9H2,1-5H3,(H,13,14). The van der Waals surface area contributed by atoms with Crippen LogP contribution in [0, 0.1) is 6.92 Å². The van der Waals surface area contributed by atoms with E-state index in [2.05, 4.69) is 53.9 Å². The molecule has 1 rings (SSSR count). The molecule has 0 saturated heterocycles. The molecule has 0 bridgehead atoms. The topological polar surface area (TPSA) is 33.1 Å². The van der Waals surface area contributed by atoms with Gasteiger partial charge in [-0.05, 0) is 34.4 Å². The molecule has 1 aromatic rings. The van der Waals surface area contributed by atoms with Crippen LogP contribution in [0.2, 0.25) is 0 Å². The predicted octanol–water partition coefficient (Wildman–Crippen LogP) is 1.96. The van der Waals surface area contributed by atoms with Crippen LogP contribution in [0.15, 0.2) is 6.20 Å². The largest absolute Gasteiger partial charge is 0.356 e. The molecule has 0 aromatic carbocycles. The van der Waals surface area contributed by atoms with Crippen LogP contribution in [0.5, 0.6) is 0 Å². The fourth-order valence-corrected chi connectivity index (χ4v) is 1.51. The average Bonchev–Trinajstić information content (AvgIpc) is 2.55. The van der Waals surface area contributed by atoms with Crippen molar-refractivity contribution in [1.29, 1.82) is 0 Å². The fourth-order valence-electron chi connectivity index (χ4n) is 1.51. The normalized spacial score (nSPS) is 13.1. The minimum atomic E-state index is 0.510. The van der Waals surface area contributed by atoms with Crippen molar-refractivity contribution in [1.82, 2.24) is 14.5 Å². The van der Waals surface area contributed by atoms with E-state index < -0.39 is 0 Å². The molecular formula is C12H24N4. The van der Waals surface area contributed by atoms with Crippen molar-refractivity contribution >= 4 is 5.95 Å². The van der Waals surface area contributed by atoms with Gasteiger partial charge < -0.3 is 14.8 Å². The number of hydrogen-bond acceptors (Lipinski definition) is 3. The summed E-state index contributed by atoms with van der Waals surface area (Å²) < 4.78 is 2.20. The Labute approximate surface area is 98.7 Å². The third-order valence-corrected chi connectivity index (χ3v) is 2.77. The molecule has 4 heteroatoms. The Hall–Kier alpha value is -1.03. The van der Waals surface area contributed by atoms with Gasteiger partial charge in [-0.1, -0.05) is 6.92 Å². The number of nitrogens with zero attached hydrogens (tertiary/aromatic N) is 3. The van der Waals surface area contributed by atoms with Gasteiger partial charge >= 0.3 is 0 Å². The first-order chi connectivity index (χ1) is 7.54. The Bertz CT molecular complexity index is 317. The molecule has 16 heavy (non-hydrogen) atoms. The third-order valence-electron chi connectivity index (χ3n) is 2.77. The molecule has 92 valence electrons. The predicted molar refractivity (Wildman–Crippen MR) is 68.9 cm³/mol. The summed E-state index contributed by atoms with van der Waals surface area (Å²) in [6, 6.07) is 0.510. The van der Waals surface area contributed by atoms with Crippen LogP contribution in [0.1, 0.15) is 26.0 Å². The number of anilines is 1. The number of hydrogen-bond donors (Lipinski definition) is 1. The monoisotopic (exact) mass is 224 g/mol. The Balaban J connectivity index is 2.70. The highest BCUT2D eigenvalue weighted by atomic mass is 15.2. The van der Waals surface area contributed by atoms with Crippen LogP contribution in [-0.2, 0) is 6.54 Å². The molecule has 0 amide bonds. The van der Waals surface area contributed by atoms with E-state index in [1.807, 2.05) is 6.92 Å². The van der Waals surface area contributed by atoms with Gasteiger partial charge in [0, 0.05) is 25.3 Å². The van der Waals surface area contributed by atoms with Crippen molar-refractivity contribution < 1.29 is 0 Å². The van der Waals surface area contributed by atoms with Gasteiger partial charge in [-0.15, -0.1) is 0 Å². The molecule has 4 nitrogen and oxygen atoms in total. The van der Waals surface area contributed by atoms with Gasteiger partial charge in [0.1, 0.15) is 0 Å². The highest BCUT2D eigenvalue weighted by Gasteiger charge is 2.10. The van der Waals surface area contributed by atoms with Crippen LogP contribution >= 0.6 is 0 Å². The summed E-state index contributed by atoms with van der Waals surface area (Å²) in [6.07, 6.45) is 3.23. The highest BCUT2D eigenvalue weighted by molar-refractivity contribution is 5.28. The lowest BCUT2D eigenvalue weighted by atomic mass is 10.3. The van der Waals surface area contributed by atoms with Crippen LogP contribution in [-0.4, -0.2) is 41.1 Å². The number of nitrogens with one attached hydrogen (secondary N) is 1. The molecule has 0 saturated carbocycles. The smallest absolute Gasteiger partial charge is 0.203 e. The Morgan fingerprint density at radius 3 is 2.75 bits per heavy atom. The second kappa shape index (κ2) is 5.89. The lowest BCUT2D eigenvalue weighted by Crippen LogP contribution is -2.29. The van der Waals surface area contributed by atoms with E-state index in [1.54, 1.807) is 0 Å². The summed E-state index contributed by atoms with van der Waals surface area (Å²) in [4.78, 5) is 6.72. The fraction of sp³-hybridized carbons (Fsp3) is 0.750. The number of aryl methyl sites for hydroxylation is 1. The van der Waals surface area contributed by atoms with Gasteiger partial charge in [0.15, 0.2) is 0 Å². The second-order valence-electron chi connectivity index (χ2n) is 4.60. The zero-order chi connectivity index (χ0) is 12.1. The van der Waals surface area contributed by atoms with Crippen molar-refractivity contribution in [2.45, 2.75) is 39.8 Å². The summed E-state index contributed by atoms with van der Waals surface area (Å²) in [5, 5.41) is 3.36. The van der Waals surface area contributed by atoms with Gasteiger partial charge in [-0.2, -0.15) is 0 Å². The first-order valence-electron chi connectivity index (χ1n) is 5.98. The number of aromatic nitrogens is 2. The van der Waals surface area contributed by atoms with Crippen LogP contribution in [0.25, 0.3) is 0 Å². The maximum Gasteiger partial charge on any atom is 0.203 e. The lowest BCUT2D eigenvalue weighted by molar-refractivity contribution is 0.284. The molecule has 1 N–H and O–H groups in total. The van der Waals surface area contributed by atoms with E-state index in [1.165, 1.54) is 0 Å². The van der Waals surface area contributed by atoms with Gasteiger partial charge in [-0.25, -0.2) is 4.98 Å². The first kappa shape index (κ1) is 13.0. The number of rotatable bonds is 6. The van der Waals surface area contributed by atoms with Gasteiger partial charge in [-0.3, -0.25) is 0 Å². The van der Waals surface area contributed by atoms with E-state index in [-0.39, 0.29) is 0 Å². The Kier molecular flexibility index (Phi) is 4.80. The van der Waals surface area contributed by atoms with Crippen molar-refractivity contribution in [3.63, 3.8) is 0 Å². The van der Waals surface area contributed by atoms with E-state index in [4.69, 9.17) is 0 Å². The van der Waals surface area contributed by atoms with Crippen molar-refractivity contribution in [3.05, 3.63) is 11.9 Å². The number of imidazole rings is 1. The Morgan fingerprint density at radius 2 is 2.19 bits per heavy atom. The molecule has 0 aliphatic carbocycles. The first-order valence-corrected chi connectivity index (χ1v) is 5.98. The second-order valence-corrected chi connectivity index (χ2v) is 4.60. The van der Waals surface area contributed by atoms with Crippen molar-refractivity contribution in [2.75, 3.05) is 26.0 Å².